The minimum Gasteiger partial charge on any atom is -0.481 e. The number of benzene rings is 1. The summed E-state index contributed by atoms with van der Waals surface area (Å²) in [6, 6.07) is 7.42. The maximum Gasteiger partial charge on any atom is 0.260 e. The van der Waals surface area contributed by atoms with Gasteiger partial charge in [-0.3, -0.25) is 4.79 Å². The molecule has 0 saturated carbocycles. The highest BCUT2D eigenvalue weighted by Gasteiger charge is 2.19. The van der Waals surface area contributed by atoms with Crippen molar-refractivity contribution >= 4 is 21.8 Å². The molecule has 1 heterocycles. The molecule has 1 saturated heterocycles. The molecule has 0 unspecified atom stereocenters. The van der Waals surface area contributed by atoms with Gasteiger partial charge in [-0.1, -0.05) is 15.9 Å². The second kappa shape index (κ2) is 6.91. The summed E-state index contributed by atoms with van der Waals surface area (Å²) in [6.07, 6.45) is 1.74. The van der Waals surface area contributed by atoms with Crippen molar-refractivity contribution in [3.8, 4) is 5.75 Å². The molecule has 0 radical (unpaired) electrons. The lowest BCUT2D eigenvalue weighted by Gasteiger charge is -2.16. The molecule has 104 valence electrons. The molecule has 2 atom stereocenters. The Labute approximate surface area is 121 Å². The zero-order valence-electron chi connectivity index (χ0n) is 10.9. The summed E-state index contributed by atoms with van der Waals surface area (Å²) < 4.78 is 12.0. The van der Waals surface area contributed by atoms with Crippen LogP contribution >= 0.6 is 15.9 Å². The first-order chi connectivity index (χ1) is 9.15. The van der Waals surface area contributed by atoms with Gasteiger partial charge in [-0.25, -0.2) is 0 Å². The molecular weight excluding hydrogens is 310 g/mol. The van der Waals surface area contributed by atoms with Crippen molar-refractivity contribution in [1.29, 1.82) is 0 Å². The van der Waals surface area contributed by atoms with Crippen LogP contribution in [0.5, 0.6) is 5.75 Å². The average molecular weight is 328 g/mol. The SMILES string of the molecule is C[C@H](Oc1ccc(Br)cc1)C(=O)NC[C@H]1CCCO1. The third-order valence-corrected chi connectivity index (χ3v) is 3.55. The fourth-order valence-electron chi connectivity index (χ4n) is 1.93. The summed E-state index contributed by atoms with van der Waals surface area (Å²) in [5.41, 5.74) is 0. The predicted octanol–water partition coefficient (Wildman–Crippen LogP) is 2.51. The minimum atomic E-state index is -0.512. The Bertz CT molecular complexity index is 415. The first-order valence-electron chi connectivity index (χ1n) is 6.46. The zero-order chi connectivity index (χ0) is 13.7. The van der Waals surface area contributed by atoms with E-state index in [-0.39, 0.29) is 12.0 Å². The number of hydrogen-bond donors (Lipinski definition) is 1. The number of ether oxygens (including phenoxy) is 2. The second-order valence-electron chi connectivity index (χ2n) is 4.59. The fraction of sp³-hybridized carbons (Fsp3) is 0.500. The molecule has 0 aliphatic carbocycles. The summed E-state index contributed by atoms with van der Waals surface area (Å²) in [5, 5.41) is 2.86. The predicted molar refractivity (Wildman–Crippen MR) is 76.2 cm³/mol. The van der Waals surface area contributed by atoms with Gasteiger partial charge in [-0.05, 0) is 44.0 Å². The van der Waals surface area contributed by atoms with Gasteiger partial charge in [0.2, 0.25) is 0 Å². The highest BCUT2D eigenvalue weighted by atomic mass is 79.9. The first-order valence-corrected chi connectivity index (χ1v) is 7.26. The van der Waals surface area contributed by atoms with E-state index in [0.29, 0.717) is 12.3 Å². The van der Waals surface area contributed by atoms with Crippen molar-refractivity contribution < 1.29 is 14.3 Å². The van der Waals surface area contributed by atoms with Gasteiger partial charge in [0.25, 0.3) is 5.91 Å². The van der Waals surface area contributed by atoms with E-state index in [1.54, 1.807) is 6.92 Å². The van der Waals surface area contributed by atoms with E-state index in [0.717, 1.165) is 23.9 Å². The molecule has 1 N–H and O–H groups in total. The van der Waals surface area contributed by atoms with Crippen LogP contribution in [0.4, 0.5) is 0 Å². The minimum absolute atomic E-state index is 0.113. The molecule has 0 aromatic heterocycles. The Hall–Kier alpha value is -1.07. The smallest absolute Gasteiger partial charge is 0.260 e. The Morgan fingerprint density at radius 1 is 1.53 bits per heavy atom. The van der Waals surface area contributed by atoms with E-state index in [2.05, 4.69) is 21.2 Å². The number of hydrogen-bond acceptors (Lipinski definition) is 3. The van der Waals surface area contributed by atoms with Crippen LogP contribution < -0.4 is 10.1 Å². The quantitative estimate of drug-likeness (QED) is 0.903. The van der Waals surface area contributed by atoms with Crippen LogP contribution in [0, 0.1) is 0 Å². The monoisotopic (exact) mass is 327 g/mol. The molecule has 1 fully saturated rings. The Morgan fingerprint density at radius 2 is 2.26 bits per heavy atom. The van der Waals surface area contributed by atoms with E-state index in [9.17, 15) is 4.79 Å². The maximum absolute atomic E-state index is 11.9. The van der Waals surface area contributed by atoms with Crippen LogP contribution in [0.3, 0.4) is 0 Å². The lowest BCUT2D eigenvalue weighted by molar-refractivity contribution is -0.127. The van der Waals surface area contributed by atoms with Crippen molar-refractivity contribution in [3.63, 3.8) is 0 Å². The summed E-state index contributed by atoms with van der Waals surface area (Å²) in [6.45, 7) is 3.10. The molecular formula is C14H18BrNO3. The highest BCUT2D eigenvalue weighted by Crippen LogP contribution is 2.17. The summed E-state index contributed by atoms with van der Waals surface area (Å²) in [7, 11) is 0. The van der Waals surface area contributed by atoms with Crippen LogP contribution in [0.1, 0.15) is 19.8 Å². The van der Waals surface area contributed by atoms with Crippen molar-refractivity contribution in [2.75, 3.05) is 13.2 Å². The average Bonchev–Trinajstić information content (AvgIpc) is 2.91. The molecule has 1 aromatic rings. The number of carbonyl (C=O) groups excluding carboxylic acids is 1. The number of carbonyl (C=O) groups is 1. The number of halogens is 1. The number of rotatable bonds is 5. The largest absolute Gasteiger partial charge is 0.481 e. The van der Waals surface area contributed by atoms with Crippen molar-refractivity contribution in [2.24, 2.45) is 0 Å². The lowest BCUT2D eigenvalue weighted by atomic mass is 10.2. The zero-order valence-corrected chi connectivity index (χ0v) is 12.5. The van der Waals surface area contributed by atoms with Crippen molar-refractivity contribution in [3.05, 3.63) is 28.7 Å². The highest BCUT2D eigenvalue weighted by molar-refractivity contribution is 9.10. The molecule has 1 aliphatic rings. The van der Waals surface area contributed by atoms with Gasteiger partial charge in [-0.15, -0.1) is 0 Å². The van der Waals surface area contributed by atoms with Crippen molar-refractivity contribution in [1.82, 2.24) is 5.32 Å². The molecule has 0 bridgehead atoms. The summed E-state index contributed by atoms with van der Waals surface area (Å²) >= 11 is 3.35. The fourth-order valence-corrected chi connectivity index (χ4v) is 2.20. The van der Waals surface area contributed by atoms with Gasteiger partial charge >= 0.3 is 0 Å². The van der Waals surface area contributed by atoms with Crippen LogP contribution in [0.15, 0.2) is 28.7 Å². The summed E-state index contributed by atoms with van der Waals surface area (Å²) in [5.74, 6) is 0.571. The third-order valence-electron chi connectivity index (χ3n) is 3.02. The van der Waals surface area contributed by atoms with Crippen LogP contribution in [0.25, 0.3) is 0 Å². The first kappa shape index (κ1) is 14.3. The molecule has 5 heteroatoms. The molecule has 4 nitrogen and oxygen atoms in total. The van der Waals surface area contributed by atoms with E-state index in [1.165, 1.54) is 0 Å². The lowest BCUT2D eigenvalue weighted by Crippen LogP contribution is -2.40. The maximum atomic E-state index is 11.9. The van der Waals surface area contributed by atoms with Gasteiger partial charge < -0.3 is 14.8 Å². The molecule has 1 aliphatic heterocycles. The van der Waals surface area contributed by atoms with Crippen LogP contribution in [-0.4, -0.2) is 31.3 Å². The molecule has 2 rings (SSSR count). The molecule has 0 spiro atoms. The van der Waals surface area contributed by atoms with Crippen LogP contribution in [-0.2, 0) is 9.53 Å². The van der Waals surface area contributed by atoms with E-state index in [1.807, 2.05) is 24.3 Å². The molecule has 19 heavy (non-hydrogen) atoms. The van der Waals surface area contributed by atoms with E-state index < -0.39 is 6.10 Å². The Balaban J connectivity index is 1.76. The number of amides is 1. The van der Waals surface area contributed by atoms with Gasteiger partial charge in [0.15, 0.2) is 6.10 Å². The topological polar surface area (TPSA) is 47.6 Å². The third kappa shape index (κ3) is 4.51. The summed E-state index contributed by atoms with van der Waals surface area (Å²) in [4.78, 5) is 11.9. The van der Waals surface area contributed by atoms with Gasteiger partial charge in [0, 0.05) is 17.6 Å². The Kier molecular flexibility index (Phi) is 5.22. The van der Waals surface area contributed by atoms with Gasteiger partial charge in [0.05, 0.1) is 6.10 Å². The van der Waals surface area contributed by atoms with Gasteiger partial charge in [0.1, 0.15) is 5.75 Å². The normalized spacial score (nSPS) is 20.0. The van der Waals surface area contributed by atoms with Crippen LogP contribution in [0.2, 0.25) is 0 Å². The van der Waals surface area contributed by atoms with E-state index >= 15 is 0 Å². The standard InChI is InChI=1S/C14H18BrNO3/c1-10(19-12-6-4-11(15)5-7-12)14(17)16-9-13-3-2-8-18-13/h4-7,10,13H,2-3,8-9H2,1H3,(H,16,17)/t10-,13+/m0/s1. The molecule has 1 aromatic carbocycles. The molecule has 1 amide bonds. The van der Waals surface area contributed by atoms with E-state index in [4.69, 9.17) is 9.47 Å². The van der Waals surface area contributed by atoms with Crippen molar-refractivity contribution in [2.45, 2.75) is 32.0 Å². The van der Waals surface area contributed by atoms with Gasteiger partial charge in [-0.2, -0.15) is 0 Å². The number of nitrogens with one attached hydrogen (secondary N) is 1. The second-order valence-corrected chi connectivity index (χ2v) is 5.51. The Morgan fingerprint density at radius 3 is 2.89 bits per heavy atom.